The van der Waals surface area contributed by atoms with E-state index in [0.717, 1.165) is 18.7 Å². The van der Waals surface area contributed by atoms with Gasteiger partial charge in [-0.15, -0.1) is 0 Å². The predicted molar refractivity (Wildman–Crippen MR) is 77.8 cm³/mol. The highest BCUT2D eigenvalue weighted by Crippen LogP contribution is 2.19. The van der Waals surface area contributed by atoms with Crippen molar-refractivity contribution in [3.05, 3.63) is 29.3 Å². The van der Waals surface area contributed by atoms with Gasteiger partial charge in [0.25, 0.3) is 0 Å². The zero-order valence-corrected chi connectivity index (χ0v) is 12.8. The molecule has 1 heterocycles. The Morgan fingerprint density at radius 2 is 2.05 bits per heavy atom. The van der Waals surface area contributed by atoms with E-state index in [2.05, 4.69) is 23.9 Å². The standard InChI is InChI=1S/C14H22N2O3S/c1-11(2)10-19-6-5-16-20(17,18)14-4-3-12-8-15-9-13(12)7-14/h3-4,7,11,15-16H,5-6,8-10H2,1-2H3. The van der Waals surface area contributed by atoms with Crippen molar-refractivity contribution >= 4 is 10.0 Å². The summed E-state index contributed by atoms with van der Waals surface area (Å²) in [5, 5.41) is 3.20. The maximum absolute atomic E-state index is 12.1. The Morgan fingerprint density at radius 1 is 1.30 bits per heavy atom. The normalized spacial score (nSPS) is 14.8. The van der Waals surface area contributed by atoms with Gasteiger partial charge in [0, 0.05) is 26.2 Å². The molecule has 0 saturated carbocycles. The second-order valence-electron chi connectivity index (χ2n) is 5.40. The molecule has 20 heavy (non-hydrogen) atoms. The van der Waals surface area contributed by atoms with Crippen LogP contribution in [0.25, 0.3) is 0 Å². The lowest BCUT2D eigenvalue weighted by molar-refractivity contribution is 0.114. The first-order valence-corrected chi connectivity index (χ1v) is 8.37. The molecule has 6 heteroatoms. The molecule has 2 rings (SSSR count). The van der Waals surface area contributed by atoms with Crippen LogP contribution in [-0.4, -0.2) is 28.2 Å². The summed E-state index contributed by atoms with van der Waals surface area (Å²) in [6.45, 7) is 6.99. The fourth-order valence-electron chi connectivity index (χ4n) is 2.09. The molecule has 1 aromatic carbocycles. The average Bonchev–Trinajstić information content (AvgIpc) is 2.85. The van der Waals surface area contributed by atoms with Crippen molar-refractivity contribution in [2.75, 3.05) is 19.8 Å². The van der Waals surface area contributed by atoms with Gasteiger partial charge >= 0.3 is 0 Å². The minimum absolute atomic E-state index is 0.296. The van der Waals surface area contributed by atoms with Gasteiger partial charge in [-0.1, -0.05) is 19.9 Å². The van der Waals surface area contributed by atoms with E-state index in [0.29, 0.717) is 30.6 Å². The SMILES string of the molecule is CC(C)COCCNS(=O)(=O)c1ccc2c(c1)CNC2. The Labute approximate surface area is 120 Å². The van der Waals surface area contributed by atoms with Crippen LogP contribution in [0.2, 0.25) is 0 Å². The Hall–Kier alpha value is -0.950. The number of nitrogens with one attached hydrogen (secondary N) is 2. The molecule has 0 aliphatic carbocycles. The van der Waals surface area contributed by atoms with Crippen LogP contribution in [-0.2, 0) is 27.8 Å². The second kappa shape index (κ2) is 6.67. The average molecular weight is 298 g/mol. The predicted octanol–water partition coefficient (Wildman–Crippen LogP) is 1.24. The number of sulfonamides is 1. The van der Waals surface area contributed by atoms with Crippen LogP contribution < -0.4 is 10.0 Å². The molecule has 0 amide bonds. The molecule has 0 aromatic heterocycles. The van der Waals surface area contributed by atoms with E-state index >= 15 is 0 Å². The van der Waals surface area contributed by atoms with Crippen molar-refractivity contribution in [1.82, 2.24) is 10.0 Å². The molecule has 1 aliphatic heterocycles. The highest BCUT2D eigenvalue weighted by atomic mass is 32.2. The second-order valence-corrected chi connectivity index (χ2v) is 7.17. The molecule has 2 N–H and O–H groups in total. The number of rotatable bonds is 7. The van der Waals surface area contributed by atoms with Crippen LogP contribution >= 0.6 is 0 Å². The van der Waals surface area contributed by atoms with Gasteiger partial charge in [0.2, 0.25) is 10.0 Å². The summed E-state index contributed by atoms with van der Waals surface area (Å²) in [7, 11) is -3.44. The van der Waals surface area contributed by atoms with Crippen LogP contribution in [0.1, 0.15) is 25.0 Å². The summed E-state index contributed by atoms with van der Waals surface area (Å²) in [5.41, 5.74) is 2.23. The van der Waals surface area contributed by atoms with Crippen LogP contribution in [0.3, 0.4) is 0 Å². The number of fused-ring (bicyclic) bond motifs is 1. The number of hydrogen-bond acceptors (Lipinski definition) is 4. The molecule has 0 radical (unpaired) electrons. The van der Waals surface area contributed by atoms with Crippen molar-refractivity contribution in [3.8, 4) is 0 Å². The maximum Gasteiger partial charge on any atom is 0.240 e. The van der Waals surface area contributed by atoms with E-state index in [4.69, 9.17) is 4.74 Å². The van der Waals surface area contributed by atoms with Gasteiger partial charge in [0.1, 0.15) is 0 Å². The number of hydrogen-bond donors (Lipinski definition) is 2. The molecule has 5 nitrogen and oxygen atoms in total. The number of ether oxygens (including phenoxy) is 1. The molecule has 0 fully saturated rings. The third-order valence-electron chi connectivity index (χ3n) is 3.11. The molecular formula is C14H22N2O3S. The molecule has 0 bridgehead atoms. The van der Waals surface area contributed by atoms with Crippen molar-refractivity contribution < 1.29 is 13.2 Å². The van der Waals surface area contributed by atoms with Gasteiger partial charge in [-0.2, -0.15) is 0 Å². The first-order valence-electron chi connectivity index (χ1n) is 6.89. The Balaban J connectivity index is 1.90. The minimum atomic E-state index is -3.44. The molecule has 0 unspecified atom stereocenters. The van der Waals surface area contributed by atoms with E-state index < -0.39 is 10.0 Å². The largest absolute Gasteiger partial charge is 0.380 e. The Morgan fingerprint density at radius 3 is 2.80 bits per heavy atom. The van der Waals surface area contributed by atoms with Gasteiger partial charge < -0.3 is 10.1 Å². The first kappa shape index (κ1) is 15.4. The number of benzene rings is 1. The molecule has 1 aromatic rings. The van der Waals surface area contributed by atoms with Gasteiger partial charge in [0.05, 0.1) is 11.5 Å². The maximum atomic E-state index is 12.1. The third kappa shape index (κ3) is 4.02. The van der Waals surface area contributed by atoms with Gasteiger partial charge in [-0.25, -0.2) is 13.1 Å². The van der Waals surface area contributed by atoms with E-state index in [1.165, 1.54) is 5.56 Å². The first-order chi connectivity index (χ1) is 9.49. The fourth-order valence-corrected chi connectivity index (χ4v) is 3.15. The van der Waals surface area contributed by atoms with Crippen molar-refractivity contribution in [2.24, 2.45) is 5.92 Å². The van der Waals surface area contributed by atoms with E-state index in [-0.39, 0.29) is 0 Å². The van der Waals surface area contributed by atoms with Crippen LogP contribution in [0.4, 0.5) is 0 Å². The van der Waals surface area contributed by atoms with Crippen molar-refractivity contribution in [3.63, 3.8) is 0 Å². The van der Waals surface area contributed by atoms with E-state index in [1.54, 1.807) is 12.1 Å². The molecular weight excluding hydrogens is 276 g/mol. The van der Waals surface area contributed by atoms with Gasteiger partial charge in [0.15, 0.2) is 0 Å². The highest BCUT2D eigenvalue weighted by molar-refractivity contribution is 7.89. The Kier molecular flexibility index (Phi) is 5.15. The zero-order chi connectivity index (χ0) is 14.6. The van der Waals surface area contributed by atoms with Crippen LogP contribution in [0.5, 0.6) is 0 Å². The van der Waals surface area contributed by atoms with Crippen molar-refractivity contribution in [2.45, 2.75) is 31.8 Å². The van der Waals surface area contributed by atoms with Crippen molar-refractivity contribution in [1.29, 1.82) is 0 Å². The van der Waals surface area contributed by atoms with Gasteiger partial charge in [-0.05, 0) is 29.2 Å². The lowest BCUT2D eigenvalue weighted by atomic mass is 10.1. The van der Waals surface area contributed by atoms with Gasteiger partial charge in [-0.3, -0.25) is 0 Å². The highest BCUT2D eigenvalue weighted by Gasteiger charge is 2.17. The van der Waals surface area contributed by atoms with Crippen LogP contribution in [0.15, 0.2) is 23.1 Å². The molecule has 0 saturated heterocycles. The molecule has 112 valence electrons. The summed E-state index contributed by atoms with van der Waals surface area (Å²) in [4.78, 5) is 0.323. The summed E-state index contributed by atoms with van der Waals surface area (Å²) in [6, 6.07) is 5.27. The van der Waals surface area contributed by atoms with E-state index in [9.17, 15) is 8.42 Å². The molecule has 0 spiro atoms. The smallest absolute Gasteiger partial charge is 0.240 e. The monoisotopic (exact) mass is 298 g/mol. The zero-order valence-electron chi connectivity index (χ0n) is 12.0. The third-order valence-corrected chi connectivity index (χ3v) is 4.57. The van der Waals surface area contributed by atoms with E-state index in [1.807, 2.05) is 6.07 Å². The Bertz CT molecular complexity index is 556. The van der Waals surface area contributed by atoms with Crippen LogP contribution in [0, 0.1) is 5.92 Å². The topological polar surface area (TPSA) is 67.4 Å². The summed E-state index contributed by atoms with van der Waals surface area (Å²) in [6.07, 6.45) is 0. The summed E-state index contributed by atoms with van der Waals surface area (Å²) < 4.78 is 32.2. The lowest BCUT2D eigenvalue weighted by Crippen LogP contribution is -2.28. The molecule has 1 aliphatic rings. The lowest BCUT2D eigenvalue weighted by Gasteiger charge is -2.09. The summed E-state index contributed by atoms with van der Waals surface area (Å²) >= 11 is 0. The quantitative estimate of drug-likeness (QED) is 0.743. The molecule has 0 atom stereocenters. The minimum Gasteiger partial charge on any atom is -0.380 e. The summed E-state index contributed by atoms with van der Waals surface area (Å²) in [5.74, 6) is 0.454. The fraction of sp³-hybridized carbons (Fsp3) is 0.571.